The molecule has 0 aromatic heterocycles. The van der Waals surface area contributed by atoms with E-state index in [4.69, 9.17) is 0 Å². The first-order valence-corrected chi connectivity index (χ1v) is 8.39. The topological polar surface area (TPSA) is 120 Å². The third kappa shape index (κ3) is 26.8. The monoisotopic (exact) mass is 588 g/mol. The van der Waals surface area contributed by atoms with Crippen molar-refractivity contribution in [1.29, 1.82) is 0 Å². The van der Waals surface area contributed by atoms with E-state index < -0.39 is 34.2 Å². The number of aliphatic carboxylic acids is 3. The van der Waals surface area contributed by atoms with Gasteiger partial charge in [-0.3, -0.25) is 0 Å². The van der Waals surface area contributed by atoms with E-state index in [0.29, 0.717) is 0 Å². The van der Waals surface area contributed by atoms with Gasteiger partial charge in [-0.2, -0.15) is 0 Å². The Morgan fingerprint density at radius 3 is 0.786 bits per heavy atom. The van der Waals surface area contributed by atoms with Crippen LogP contribution in [-0.4, -0.2) is 45.2 Å². The van der Waals surface area contributed by atoms with Crippen molar-refractivity contribution in [2.45, 2.75) is 62.3 Å². The molecule has 7 heteroatoms. The van der Waals surface area contributed by atoms with Gasteiger partial charge in [0.05, 0.1) is 0 Å². The maximum atomic E-state index is 9.91. The average Bonchev–Trinajstić information content (AvgIpc) is 2.48. The van der Waals surface area contributed by atoms with Crippen molar-refractivity contribution in [2.75, 3.05) is 0 Å². The number of carboxylic acid groups (broad SMARTS) is 3. The molecule has 0 bridgehead atoms. The zero-order valence-corrected chi connectivity index (χ0v) is 22.2. The summed E-state index contributed by atoms with van der Waals surface area (Å²) in [7, 11) is 0. The molecule has 0 saturated heterocycles. The minimum atomic E-state index is -1.01. The summed E-state index contributed by atoms with van der Waals surface area (Å²) in [6, 6.07) is 12.5. The van der Waals surface area contributed by atoms with Gasteiger partial charge < -0.3 is 29.7 Å². The van der Waals surface area contributed by atoms with Gasteiger partial charge in [-0.1, -0.05) is 92.6 Å². The van der Waals surface area contributed by atoms with Gasteiger partial charge in [0.25, 0.3) is 0 Å². The fourth-order valence-electron chi connectivity index (χ4n) is 0.342. The number of carbonyl (C=O) groups excluding carboxylic acids is 3. The summed E-state index contributed by atoms with van der Waals surface area (Å²) in [5, 5.41) is 29.7. The standard InChI is InChI=1S/C6H5.3C5H10O2.Pb/c1-2-4-6-5-3-1;3*1-5(2,3)4(6)7;/h1-5H;3*1-3H3,(H,6,7);/p-3. The summed E-state index contributed by atoms with van der Waals surface area (Å²) in [5.41, 5.74) is -2.08. The van der Waals surface area contributed by atoms with Crippen LogP contribution in [0.25, 0.3) is 0 Å². The van der Waals surface area contributed by atoms with Crippen LogP contribution in [0, 0.1) is 22.3 Å². The zero-order chi connectivity index (χ0) is 22.5. The molecule has 0 spiro atoms. The van der Waals surface area contributed by atoms with Crippen LogP contribution in [0.2, 0.25) is 0 Å². The molecular formula is C21H32O6Pb-3. The Hall–Kier alpha value is -1.45. The van der Waals surface area contributed by atoms with Crippen LogP contribution < -0.4 is 15.3 Å². The molecule has 0 atom stereocenters. The number of rotatable bonds is 0. The molecule has 6 nitrogen and oxygen atoms in total. The van der Waals surface area contributed by atoms with Crippen LogP contribution in [0.5, 0.6) is 0 Å². The van der Waals surface area contributed by atoms with Crippen LogP contribution in [0.1, 0.15) is 62.3 Å². The molecule has 0 aliphatic heterocycles. The number of benzene rings is 1. The van der Waals surface area contributed by atoms with Crippen LogP contribution in [-0.2, 0) is 14.4 Å². The number of carbonyl (C=O) groups is 3. The Morgan fingerprint density at radius 1 is 0.571 bits per heavy atom. The van der Waals surface area contributed by atoms with Gasteiger partial charge in [0.2, 0.25) is 0 Å². The van der Waals surface area contributed by atoms with Gasteiger partial charge in [-0.25, -0.2) is 0 Å². The minimum absolute atomic E-state index is 0. The normalized spacial score (nSPS) is 10.2. The SMILES string of the molecule is CC(C)(C)C(=O)[O-].CC(C)(C)C(=O)[O-].CC(C)(C)C(=O)[O-].[Pb].[c]1ccccc1. The number of hydrogen-bond donors (Lipinski definition) is 0. The first-order chi connectivity index (χ1) is 11.8. The summed E-state index contributed by atoms with van der Waals surface area (Å²) in [4.78, 5) is 29.7. The second-order valence-corrected chi connectivity index (χ2v) is 8.69. The molecule has 1 rings (SSSR count). The third-order valence-corrected chi connectivity index (χ3v) is 2.44. The first kappa shape index (κ1) is 34.1. The van der Waals surface area contributed by atoms with Crippen LogP contribution >= 0.6 is 0 Å². The molecule has 1 aromatic rings. The van der Waals surface area contributed by atoms with Crippen molar-refractivity contribution >= 4 is 45.2 Å². The largest absolute Gasteiger partial charge is 0.550 e. The van der Waals surface area contributed by atoms with E-state index in [2.05, 4.69) is 6.07 Å². The van der Waals surface area contributed by atoms with Crippen molar-refractivity contribution in [2.24, 2.45) is 16.2 Å². The van der Waals surface area contributed by atoms with E-state index in [1.165, 1.54) is 0 Å². The van der Waals surface area contributed by atoms with Gasteiger partial charge in [0.15, 0.2) is 0 Å². The van der Waals surface area contributed by atoms with Crippen molar-refractivity contribution in [3.8, 4) is 0 Å². The predicted octanol–water partition coefficient (Wildman–Crippen LogP) is 0.453. The molecule has 0 aliphatic carbocycles. The molecule has 0 N–H and O–H groups in total. The Morgan fingerprint density at radius 2 is 0.750 bits per heavy atom. The van der Waals surface area contributed by atoms with Crippen LogP contribution in [0.15, 0.2) is 30.3 Å². The van der Waals surface area contributed by atoms with Gasteiger partial charge in [-0.15, -0.1) is 0 Å². The molecule has 0 fully saturated rings. The average molecular weight is 588 g/mol. The van der Waals surface area contributed by atoms with Gasteiger partial charge in [0.1, 0.15) is 0 Å². The Kier molecular flexibility index (Phi) is 18.8. The summed E-state index contributed by atoms with van der Waals surface area (Å²) in [6.07, 6.45) is 0. The Bertz CT molecular complexity index is 465. The van der Waals surface area contributed by atoms with E-state index in [0.717, 1.165) is 0 Å². The molecule has 0 aliphatic rings. The summed E-state index contributed by atoms with van der Waals surface area (Å²) >= 11 is 0. The smallest absolute Gasteiger partial charge is 0.0467 e. The zero-order valence-electron chi connectivity index (χ0n) is 18.3. The van der Waals surface area contributed by atoms with Crippen molar-refractivity contribution in [3.05, 3.63) is 36.4 Å². The van der Waals surface area contributed by atoms with Crippen molar-refractivity contribution in [3.63, 3.8) is 0 Å². The first-order valence-electron chi connectivity index (χ1n) is 8.39. The Labute approximate surface area is 189 Å². The fourth-order valence-corrected chi connectivity index (χ4v) is 0.342. The predicted molar refractivity (Wildman–Crippen MR) is 104 cm³/mol. The van der Waals surface area contributed by atoms with E-state index in [9.17, 15) is 29.7 Å². The van der Waals surface area contributed by atoms with Crippen LogP contribution in [0.3, 0.4) is 0 Å². The molecule has 5 radical (unpaired) electrons. The molecular weight excluding hydrogens is 555 g/mol. The van der Waals surface area contributed by atoms with E-state index in [1.54, 1.807) is 62.3 Å². The summed E-state index contributed by atoms with van der Waals surface area (Å²) in [6.45, 7) is 14.4. The molecule has 0 heterocycles. The number of hydrogen-bond acceptors (Lipinski definition) is 6. The van der Waals surface area contributed by atoms with Crippen LogP contribution in [0.4, 0.5) is 0 Å². The summed E-state index contributed by atoms with van der Waals surface area (Å²) in [5.74, 6) is -3.02. The third-order valence-electron chi connectivity index (χ3n) is 2.44. The minimum Gasteiger partial charge on any atom is -0.550 e. The maximum absolute atomic E-state index is 9.91. The Balaban J connectivity index is -0.000000136. The summed E-state index contributed by atoms with van der Waals surface area (Å²) < 4.78 is 0. The fraction of sp³-hybridized carbons (Fsp3) is 0.571. The molecule has 0 unspecified atom stereocenters. The number of carboxylic acids is 3. The van der Waals surface area contributed by atoms with Crippen molar-refractivity contribution < 1.29 is 29.7 Å². The maximum Gasteiger partial charge on any atom is 0.0467 e. The molecule has 1 aromatic carbocycles. The van der Waals surface area contributed by atoms with E-state index in [1.807, 2.05) is 30.3 Å². The van der Waals surface area contributed by atoms with Gasteiger partial charge >= 0.3 is 0 Å². The van der Waals surface area contributed by atoms with E-state index in [-0.39, 0.29) is 27.3 Å². The second kappa shape index (κ2) is 15.5. The molecule has 159 valence electrons. The van der Waals surface area contributed by atoms with Crippen molar-refractivity contribution in [1.82, 2.24) is 0 Å². The van der Waals surface area contributed by atoms with Gasteiger partial charge in [-0.05, 0) is 6.07 Å². The quantitative estimate of drug-likeness (QED) is 0.407. The second-order valence-electron chi connectivity index (χ2n) is 8.69. The molecule has 28 heavy (non-hydrogen) atoms. The van der Waals surface area contributed by atoms with E-state index >= 15 is 0 Å². The molecule has 0 amide bonds. The van der Waals surface area contributed by atoms with Gasteiger partial charge in [0, 0.05) is 61.5 Å². The molecule has 0 saturated carbocycles.